The molecule has 2 aliphatic rings. The Kier molecular flexibility index (Phi) is 4.70. The summed E-state index contributed by atoms with van der Waals surface area (Å²) >= 11 is 0. The average Bonchev–Trinajstić information content (AvgIpc) is 3.25. The molecular weight excluding hydrogens is 312 g/mol. The summed E-state index contributed by atoms with van der Waals surface area (Å²) in [7, 11) is 0. The average molecular weight is 336 g/mol. The van der Waals surface area contributed by atoms with Gasteiger partial charge in [-0.2, -0.15) is 0 Å². The van der Waals surface area contributed by atoms with E-state index in [2.05, 4.69) is 23.5 Å². The maximum absolute atomic E-state index is 12.4. The molecule has 4 nitrogen and oxygen atoms in total. The van der Waals surface area contributed by atoms with Crippen LogP contribution in [-0.4, -0.2) is 43.6 Å². The molecule has 2 atom stereocenters. The van der Waals surface area contributed by atoms with Crippen molar-refractivity contribution in [2.75, 3.05) is 32.8 Å². The second kappa shape index (κ2) is 7.28. The second-order valence-electron chi connectivity index (χ2n) is 6.94. The number of hydrogen-bond donors (Lipinski definition) is 1. The van der Waals surface area contributed by atoms with Crippen LogP contribution in [0.5, 0.6) is 5.75 Å². The van der Waals surface area contributed by atoms with E-state index in [4.69, 9.17) is 4.74 Å². The zero-order valence-electron chi connectivity index (χ0n) is 14.4. The van der Waals surface area contributed by atoms with Gasteiger partial charge in [-0.3, -0.25) is 4.79 Å². The van der Waals surface area contributed by atoms with Gasteiger partial charge in [0.05, 0.1) is 13.0 Å². The first kappa shape index (κ1) is 16.2. The van der Waals surface area contributed by atoms with Crippen LogP contribution in [0.2, 0.25) is 0 Å². The SMILES string of the molecule is O=C(CCOc1ccccc1-c1ccccc1)N1C[C@H]2CNC[C@H]2C1. The molecule has 25 heavy (non-hydrogen) atoms. The molecule has 2 aromatic rings. The fourth-order valence-corrected chi connectivity index (χ4v) is 3.91. The van der Waals surface area contributed by atoms with Gasteiger partial charge in [-0.1, -0.05) is 48.5 Å². The number of ether oxygens (including phenoxy) is 1. The maximum atomic E-state index is 12.4. The number of likely N-dealkylation sites (tertiary alicyclic amines) is 1. The van der Waals surface area contributed by atoms with Crippen LogP contribution in [-0.2, 0) is 4.79 Å². The Morgan fingerprint density at radius 1 is 1.00 bits per heavy atom. The first-order valence-electron chi connectivity index (χ1n) is 9.07. The molecule has 0 spiro atoms. The van der Waals surface area contributed by atoms with Gasteiger partial charge in [-0.15, -0.1) is 0 Å². The minimum absolute atomic E-state index is 0.214. The van der Waals surface area contributed by atoms with Gasteiger partial charge in [0.25, 0.3) is 0 Å². The number of carbonyl (C=O) groups excluding carboxylic acids is 1. The van der Waals surface area contributed by atoms with Gasteiger partial charge in [0.2, 0.25) is 5.91 Å². The fourth-order valence-electron chi connectivity index (χ4n) is 3.91. The zero-order valence-corrected chi connectivity index (χ0v) is 14.4. The second-order valence-corrected chi connectivity index (χ2v) is 6.94. The van der Waals surface area contributed by atoms with Crippen LogP contribution >= 0.6 is 0 Å². The summed E-state index contributed by atoms with van der Waals surface area (Å²) in [5.74, 6) is 2.34. The van der Waals surface area contributed by atoms with E-state index in [1.165, 1.54) is 0 Å². The van der Waals surface area contributed by atoms with E-state index in [1.807, 2.05) is 41.3 Å². The Labute approximate surface area is 148 Å². The number of nitrogens with one attached hydrogen (secondary N) is 1. The molecule has 2 heterocycles. The van der Waals surface area contributed by atoms with Crippen molar-refractivity contribution in [1.82, 2.24) is 10.2 Å². The van der Waals surface area contributed by atoms with E-state index in [0.29, 0.717) is 24.9 Å². The van der Waals surface area contributed by atoms with Gasteiger partial charge in [0.1, 0.15) is 5.75 Å². The Morgan fingerprint density at radius 2 is 1.68 bits per heavy atom. The van der Waals surface area contributed by atoms with Crippen molar-refractivity contribution < 1.29 is 9.53 Å². The van der Waals surface area contributed by atoms with E-state index >= 15 is 0 Å². The largest absolute Gasteiger partial charge is 0.492 e. The van der Waals surface area contributed by atoms with E-state index in [-0.39, 0.29) is 5.91 Å². The Morgan fingerprint density at radius 3 is 2.44 bits per heavy atom. The third-order valence-electron chi connectivity index (χ3n) is 5.29. The molecule has 4 rings (SSSR count). The van der Waals surface area contributed by atoms with Gasteiger partial charge in [-0.05, 0) is 23.5 Å². The molecule has 130 valence electrons. The smallest absolute Gasteiger partial charge is 0.226 e. The molecule has 2 aliphatic heterocycles. The number of fused-ring (bicyclic) bond motifs is 1. The first-order chi connectivity index (χ1) is 12.3. The lowest BCUT2D eigenvalue weighted by molar-refractivity contribution is -0.130. The molecule has 2 aromatic carbocycles. The zero-order chi connectivity index (χ0) is 17.1. The molecule has 0 aliphatic carbocycles. The van der Waals surface area contributed by atoms with Crippen LogP contribution in [0.4, 0.5) is 0 Å². The molecule has 1 N–H and O–H groups in total. The highest BCUT2D eigenvalue weighted by atomic mass is 16.5. The van der Waals surface area contributed by atoms with E-state index in [0.717, 1.165) is 43.1 Å². The summed E-state index contributed by atoms with van der Waals surface area (Å²) in [5, 5.41) is 3.41. The number of carbonyl (C=O) groups is 1. The molecule has 4 heteroatoms. The highest BCUT2D eigenvalue weighted by molar-refractivity contribution is 5.77. The van der Waals surface area contributed by atoms with Crippen LogP contribution in [0.1, 0.15) is 6.42 Å². The molecule has 0 radical (unpaired) electrons. The third kappa shape index (κ3) is 3.54. The van der Waals surface area contributed by atoms with E-state index < -0.39 is 0 Å². The summed E-state index contributed by atoms with van der Waals surface area (Å²) in [6, 6.07) is 18.2. The Bertz CT molecular complexity index is 720. The van der Waals surface area contributed by atoms with Gasteiger partial charge >= 0.3 is 0 Å². The predicted octanol–water partition coefficient (Wildman–Crippen LogP) is 2.80. The van der Waals surface area contributed by atoms with Gasteiger partial charge in [0.15, 0.2) is 0 Å². The molecule has 2 saturated heterocycles. The third-order valence-corrected chi connectivity index (χ3v) is 5.29. The van der Waals surface area contributed by atoms with Crippen molar-refractivity contribution >= 4 is 5.91 Å². The Balaban J connectivity index is 1.34. The van der Waals surface area contributed by atoms with Gasteiger partial charge in [-0.25, -0.2) is 0 Å². The number of benzene rings is 2. The summed E-state index contributed by atoms with van der Waals surface area (Å²) in [6.45, 7) is 4.33. The number of para-hydroxylation sites is 1. The van der Waals surface area contributed by atoms with Crippen molar-refractivity contribution in [3.8, 4) is 16.9 Å². The number of hydrogen-bond acceptors (Lipinski definition) is 3. The first-order valence-corrected chi connectivity index (χ1v) is 9.07. The quantitative estimate of drug-likeness (QED) is 0.913. The molecule has 0 aromatic heterocycles. The minimum Gasteiger partial charge on any atom is -0.492 e. The van der Waals surface area contributed by atoms with Crippen LogP contribution in [0.3, 0.4) is 0 Å². The van der Waals surface area contributed by atoms with Gasteiger partial charge in [0, 0.05) is 31.7 Å². The lowest BCUT2D eigenvalue weighted by atomic mass is 10.0. The maximum Gasteiger partial charge on any atom is 0.226 e. The molecule has 1 amide bonds. The monoisotopic (exact) mass is 336 g/mol. The Hall–Kier alpha value is -2.33. The van der Waals surface area contributed by atoms with Gasteiger partial charge < -0.3 is 15.0 Å². The summed E-state index contributed by atoms with van der Waals surface area (Å²) < 4.78 is 5.96. The normalized spacial score (nSPS) is 22.0. The number of rotatable bonds is 5. The molecule has 0 saturated carbocycles. The number of amides is 1. The summed E-state index contributed by atoms with van der Waals surface area (Å²) in [4.78, 5) is 14.5. The topological polar surface area (TPSA) is 41.6 Å². The number of nitrogens with zero attached hydrogens (tertiary/aromatic N) is 1. The highest BCUT2D eigenvalue weighted by Crippen LogP contribution is 2.30. The standard InChI is InChI=1S/C21H24N2O2/c24-21(23-14-17-12-22-13-18(17)15-23)10-11-25-20-9-5-4-8-19(20)16-6-2-1-3-7-16/h1-9,17-18,22H,10-15H2/t17-,18+. The fraction of sp³-hybridized carbons (Fsp3) is 0.381. The summed E-state index contributed by atoms with van der Waals surface area (Å²) in [6.07, 6.45) is 0.440. The van der Waals surface area contributed by atoms with Crippen LogP contribution in [0.15, 0.2) is 54.6 Å². The van der Waals surface area contributed by atoms with Crippen molar-refractivity contribution in [3.05, 3.63) is 54.6 Å². The molecule has 0 unspecified atom stereocenters. The summed E-state index contributed by atoms with van der Waals surface area (Å²) in [5.41, 5.74) is 2.20. The van der Waals surface area contributed by atoms with Crippen molar-refractivity contribution in [3.63, 3.8) is 0 Å². The van der Waals surface area contributed by atoms with Crippen LogP contribution in [0.25, 0.3) is 11.1 Å². The molecule has 2 fully saturated rings. The van der Waals surface area contributed by atoms with Crippen LogP contribution in [0, 0.1) is 11.8 Å². The van der Waals surface area contributed by atoms with Crippen LogP contribution < -0.4 is 10.1 Å². The van der Waals surface area contributed by atoms with E-state index in [9.17, 15) is 4.79 Å². The lowest BCUT2D eigenvalue weighted by Crippen LogP contribution is -2.32. The molecular formula is C21H24N2O2. The highest BCUT2D eigenvalue weighted by Gasteiger charge is 2.37. The van der Waals surface area contributed by atoms with Crippen molar-refractivity contribution in [2.45, 2.75) is 6.42 Å². The molecule has 0 bridgehead atoms. The van der Waals surface area contributed by atoms with Crippen molar-refractivity contribution in [1.29, 1.82) is 0 Å². The van der Waals surface area contributed by atoms with Crippen molar-refractivity contribution in [2.24, 2.45) is 11.8 Å². The van der Waals surface area contributed by atoms with E-state index in [1.54, 1.807) is 0 Å². The predicted molar refractivity (Wildman–Crippen MR) is 98.4 cm³/mol. The minimum atomic E-state index is 0.214. The lowest BCUT2D eigenvalue weighted by Gasteiger charge is -2.18.